The molecule has 0 radical (unpaired) electrons. The van der Waals surface area contributed by atoms with Gasteiger partial charge in [-0.3, -0.25) is 0 Å². The first-order chi connectivity index (χ1) is 6.64. The molecule has 0 unspecified atom stereocenters. The van der Waals surface area contributed by atoms with Crippen LogP contribution in [0.15, 0.2) is 47.9 Å². The van der Waals surface area contributed by atoms with Gasteiger partial charge in [-0.1, -0.05) is 38.1 Å². The van der Waals surface area contributed by atoms with E-state index >= 15 is 0 Å². The highest BCUT2D eigenvalue weighted by Crippen LogP contribution is 2.35. The van der Waals surface area contributed by atoms with Gasteiger partial charge in [0.15, 0.2) is 0 Å². The molecule has 0 aliphatic heterocycles. The van der Waals surface area contributed by atoms with E-state index in [-0.39, 0.29) is 0 Å². The number of hydrogen-bond acceptors (Lipinski definition) is 1. The maximum absolute atomic E-state index is 3.76. The Bertz CT molecular complexity index is 275. The summed E-state index contributed by atoms with van der Waals surface area (Å²) < 4.78 is 0.301. The summed E-state index contributed by atoms with van der Waals surface area (Å²) in [7, 11) is 0. The Morgan fingerprint density at radius 3 is 2.50 bits per heavy atom. The Kier molecular flexibility index (Phi) is 4.27. The van der Waals surface area contributed by atoms with Crippen LogP contribution in [0.3, 0.4) is 0 Å². The molecule has 0 saturated heterocycles. The summed E-state index contributed by atoms with van der Waals surface area (Å²) in [5.74, 6) is 0. The summed E-state index contributed by atoms with van der Waals surface area (Å²) in [6, 6.07) is 10.6. The maximum atomic E-state index is 3.76. The molecule has 0 atom stereocenters. The van der Waals surface area contributed by atoms with Crippen LogP contribution in [0.2, 0.25) is 0 Å². The van der Waals surface area contributed by atoms with Crippen molar-refractivity contribution in [1.82, 2.24) is 0 Å². The van der Waals surface area contributed by atoms with Crippen molar-refractivity contribution in [1.29, 1.82) is 0 Å². The summed E-state index contributed by atoms with van der Waals surface area (Å²) in [4.78, 5) is 1.35. The third kappa shape index (κ3) is 4.01. The maximum Gasteiger partial charge on any atom is 0.0153 e. The van der Waals surface area contributed by atoms with E-state index in [1.807, 2.05) is 17.8 Å². The Hall–Kier alpha value is -0.690. The molecule has 1 heteroatoms. The highest BCUT2D eigenvalue weighted by molar-refractivity contribution is 8.00. The van der Waals surface area contributed by atoms with Gasteiger partial charge in [-0.2, -0.15) is 0 Å². The zero-order chi connectivity index (χ0) is 10.4. The number of thioether (sulfide) groups is 1. The molecule has 0 aliphatic rings. The summed E-state index contributed by atoms with van der Waals surface area (Å²) in [5, 5.41) is 0. The van der Waals surface area contributed by atoms with Crippen LogP contribution in [0.5, 0.6) is 0 Å². The smallest absolute Gasteiger partial charge is 0.0153 e. The zero-order valence-electron chi connectivity index (χ0n) is 8.99. The summed E-state index contributed by atoms with van der Waals surface area (Å²) >= 11 is 1.94. The highest BCUT2D eigenvalue weighted by Gasteiger charge is 2.17. The van der Waals surface area contributed by atoms with E-state index in [0.29, 0.717) is 4.75 Å². The van der Waals surface area contributed by atoms with Crippen molar-refractivity contribution < 1.29 is 0 Å². The number of rotatable bonds is 5. The van der Waals surface area contributed by atoms with Gasteiger partial charge in [-0.25, -0.2) is 0 Å². The molecule has 0 heterocycles. The van der Waals surface area contributed by atoms with Crippen molar-refractivity contribution in [3.63, 3.8) is 0 Å². The normalized spacial score (nSPS) is 11.3. The summed E-state index contributed by atoms with van der Waals surface area (Å²) in [6.07, 6.45) is 4.26. The number of hydrogen-bond donors (Lipinski definition) is 0. The second-order valence-corrected chi connectivity index (χ2v) is 5.78. The number of allylic oxidation sites excluding steroid dienone is 1. The van der Waals surface area contributed by atoms with Gasteiger partial charge < -0.3 is 0 Å². The lowest BCUT2D eigenvalue weighted by atomic mass is 10.1. The molecule has 0 saturated carbocycles. The van der Waals surface area contributed by atoms with Gasteiger partial charge in [0.05, 0.1) is 0 Å². The fourth-order valence-corrected chi connectivity index (χ4v) is 2.46. The van der Waals surface area contributed by atoms with E-state index in [0.717, 1.165) is 6.42 Å². The molecule has 1 aromatic rings. The van der Waals surface area contributed by atoms with Crippen LogP contribution in [0, 0.1) is 0 Å². The average molecular weight is 206 g/mol. The van der Waals surface area contributed by atoms with Crippen LogP contribution in [0.4, 0.5) is 0 Å². The first-order valence-corrected chi connectivity index (χ1v) is 5.81. The quantitative estimate of drug-likeness (QED) is 0.504. The topological polar surface area (TPSA) is 0 Å². The van der Waals surface area contributed by atoms with E-state index in [9.17, 15) is 0 Å². The van der Waals surface area contributed by atoms with Crippen LogP contribution in [-0.4, -0.2) is 4.75 Å². The second kappa shape index (κ2) is 5.26. The Labute approximate surface area is 91.4 Å². The van der Waals surface area contributed by atoms with Gasteiger partial charge in [0.25, 0.3) is 0 Å². The molecule has 0 fully saturated rings. The molecule has 76 valence electrons. The highest BCUT2D eigenvalue weighted by atomic mass is 32.2. The first kappa shape index (κ1) is 11.4. The lowest BCUT2D eigenvalue weighted by molar-refractivity contribution is 0.649. The average Bonchev–Trinajstić information content (AvgIpc) is 2.16. The largest absolute Gasteiger partial charge is 0.120 e. The van der Waals surface area contributed by atoms with E-state index in [4.69, 9.17) is 0 Å². The molecular weight excluding hydrogens is 188 g/mol. The minimum atomic E-state index is 0.301. The molecule has 0 aromatic heterocycles. The van der Waals surface area contributed by atoms with E-state index in [2.05, 4.69) is 50.8 Å². The molecule has 0 bridgehead atoms. The molecule has 0 aliphatic carbocycles. The fraction of sp³-hybridized carbons (Fsp3) is 0.385. The van der Waals surface area contributed by atoms with Crippen LogP contribution in [-0.2, 0) is 0 Å². The zero-order valence-corrected chi connectivity index (χ0v) is 9.81. The van der Waals surface area contributed by atoms with Crippen LogP contribution in [0.25, 0.3) is 0 Å². The standard InChI is InChI=1S/C13H18S/c1-4-5-11-13(2,3)14-12-9-7-6-8-10-12/h4,6-10H,1,5,11H2,2-3H3. The van der Waals surface area contributed by atoms with Crippen molar-refractivity contribution >= 4 is 11.8 Å². The van der Waals surface area contributed by atoms with E-state index in [1.54, 1.807) is 0 Å². The molecule has 14 heavy (non-hydrogen) atoms. The van der Waals surface area contributed by atoms with Crippen molar-refractivity contribution in [2.45, 2.75) is 36.3 Å². The SMILES string of the molecule is C=CCCC(C)(C)Sc1ccccc1. The van der Waals surface area contributed by atoms with Crippen LogP contribution < -0.4 is 0 Å². The molecule has 0 spiro atoms. The second-order valence-electron chi connectivity index (χ2n) is 4.00. The third-order valence-corrected chi connectivity index (χ3v) is 3.35. The predicted molar refractivity (Wildman–Crippen MR) is 65.8 cm³/mol. The lowest BCUT2D eigenvalue weighted by Crippen LogP contribution is -2.13. The Balaban J connectivity index is 2.54. The lowest BCUT2D eigenvalue weighted by Gasteiger charge is -2.23. The van der Waals surface area contributed by atoms with Crippen molar-refractivity contribution in [2.75, 3.05) is 0 Å². The minimum Gasteiger partial charge on any atom is -0.120 e. The van der Waals surface area contributed by atoms with Crippen LogP contribution in [0.1, 0.15) is 26.7 Å². The van der Waals surface area contributed by atoms with Crippen molar-refractivity contribution in [2.24, 2.45) is 0 Å². The molecule has 1 aromatic carbocycles. The van der Waals surface area contributed by atoms with Crippen LogP contribution >= 0.6 is 11.8 Å². The minimum absolute atomic E-state index is 0.301. The van der Waals surface area contributed by atoms with Gasteiger partial charge >= 0.3 is 0 Å². The first-order valence-electron chi connectivity index (χ1n) is 4.99. The summed E-state index contributed by atoms with van der Waals surface area (Å²) in [5.41, 5.74) is 0. The molecule has 0 amide bonds. The van der Waals surface area contributed by atoms with Crippen molar-refractivity contribution in [3.8, 4) is 0 Å². The Morgan fingerprint density at radius 1 is 1.29 bits per heavy atom. The van der Waals surface area contributed by atoms with E-state index < -0.39 is 0 Å². The van der Waals surface area contributed by atoms with Gasteiger partial charge in [0, 0.05) is 9.64 Å². The third-order valence-electron chi connectivity index (χ3n) is 2.09. The fourth-order valence-electron chi connectivity index (χ4n) is 1.31. The van der Waals surface area contributed by atoms with Gasteiger partial charge in [0.2, 0.25) is 0 Å². The Morgan fingerprint density at radius 2 is 1.93 bits per heavy atom. The van der Waals surface area contributed by atoms with Gasteiger partial charge in [-0.15, -0.1) is 18.3 Å². The van der Waals surface area contributed by atoms with E-state index in [1.165, 1.54) is 11.3 Å². The molecule has 0 N–H and O–H groups in total. The predicted octanol–water partition coefficient (Wildman–Crippen LogP) is 4.52. The monoisotopic (exact) mass is 206 g/mol. The summed E-state index contributed by atoms with van der Waals surface area (Å²) in [6.45, 7) is 8.33. The molecule has 0 nitrogen and oxygen atoms in total. The molecular formula is C13H18S. The van der Waals surface area contributed by atoms with Gasteiger partial charge in [-0.05, 0) is 25.0 Å². The molecule has 1 rings (SSSR count). The van der Waals surface area contributed by atoms with Gasteiger partial charge in [0.1, 0.15) is 0 Å². The number of benzene rings is 1. The van der Waals surface area contributed by atoms with Crippen molar-refractivity contribution in [3.05, 3.63) is 43.0 Å².